The quantitative estimate of drug-likeness (QED) is 0.672. The lowest BCUT2D eigenvalue weighted by molar-refractivity contribution is 0.293. The first-order valence-corrected chi connectivity index (χ1v) is 6.54. The molecule has 0 unspecified atom stereocenters. The number of hydrogen-bond acceptors (Lipinski definition) is 3. The number of nitrogen functional groups attached to an aromatic ring is 1. The number of amidine groups is 1. The van der Waals surface area contributed by atoms with Gasteiger partial charge in [0.1, 0.15) is 12.4 Å². The van der Waals surface area contributed by atoms with E-state index in [1.807, 2.05) is 31.2 Å². The van der Waals surface area contributed by atoms with Crippen molar-refractivity contribution in [1.82, 2.24) is 4.98 Å². The zero-order valence-electron chi connectivity index (χ0n) is 10.5. The van der Waals surface area contributed by atoms with Crippen LogP contribution in [0, 0.1) is 12.3 Å². The average Bonchev–Trinajstić information content (AvgIpc) is 2.37. The standard InChI is InChI=1S/C14H14BrN3O/c1-9-6-11(14(16)17)7-13(18-9)19-8-10-2-4-12(15)5-3-10/h2-7H,8H2,1H3,(H3,16,17). The topological polar surface area (TPSA) is 72.0 Å². The third-order valence-electron chi connectivity index (χ3n) is 2.54. The number of aromatic nitrogens is 1. The van der Waals surface area contributed by atoms with Crippen LogP contribution < -0.4 is 10.5 Å². The van der Waals surface area contributed by atoms with Crippen molar-refractivity contribution in [3.63, 3.8) is 0 Å². The Balaban J connectivity index is 2.11. The largest absolute Gasteiger partial charge is 0.473 e. The van der Waals surface area contributed by atoms with Crippen molar-refractivity contribution in [3.8, 4) is 5.88 Å². The second-order valence-electron chi connectivity index (χ2n) is 4.16. The fourth-order valence-electron chi connectivity index (χ4n) is 1.61. The summed E-state index contributed by atoms with van der Waals surface area (Å²) in [5, 5.41) is 7.44. The number of halogens is 1. The van der Waals surface area contributed by atoms with Crippen LogP contribution in [0.15, 0.2) is 40.9 Å². The van der Waals surface area contributed by atoms with Crippen LogP contribution in [-0.4, -0.2) is 10.8 Å². The Hall–Kier alpha value is -1.88. The van der Waals surface area contributed by atoms with Crippen LogP contribution in [0.4, 0.5) is 0 Å². The molecule has 4 nitrogen and oxygen atoms in total. The van der Waals surface area contributed by atoms with Crippen LogP contribution in [0.25, 0.3) is 0 Å². The van der Waals surface area contributed by atoms with E-state index in [0.29, 0.717) is 18.1 Å². The van der Waals surface area contributed by atoms with Crippen LogP contribution in [-0.2, 0) is 6.61 Å². The van der Waals surface area contributed by atoms with Crippen LogP contribution >= 0.6 is 15.9 Å². The number of pyridine rings is 1. The van der Waals surface area contributed by atoms with Crippen LogP contribution in [0.5, 0.6) is 5.88 Å². The van der Waals surface area contributed by atoms with E-state index in [1.54, 1.807) is 12.1 Å². The molecule has 0 spiro atoms. The second kappa shape index (κ2) is 5.84. The first-order valence-electron chi connectivity index (χ1n) is 5.75. The Morgan fingerprint density at radius 3 is 2.63 bits per heavy atom. The Morgan fingerprint density at radius 2 is 2.00 bits per heavy atom. The Morgan fingerprint density at radius 1 is 1.32 bits per heavy atom. The molecule has 98 valence electrons. The predicted molar refractivity (Wildman–Crippen MR) is 78.5 cm³/mol. The Bertz CT molecular complexity index is 596. The lowest BCUT2D eigenvalue weighted by Crippen LogP contribution is -2.12. The molecule has 0 fully saturated rings. The molecule has 3 N–H and O–H groups in total. The van der Waals surface area contributed by atoms with Crippen molar-refractivity contribution in [3.05, 3.63) is 57.7 Å². The van der Waals surface area contributed by atoms with Gasteiger partial charge in [-0.05, 0) is 30.7 Å². The predicted octanol–water partition coefficient (Wildman–Crippen LogP) is 3.02. The first-order chi connectivity index (χ1) is 9.04. The van der Waals surface area contributed by atoms with Gasteiger partial charge < -0.3 is 10.5 Å². The van der Waals surface area contributed by atoms with Crippen molar-refractivity contribution < 1.29 is 4.74 Å². The van der Waals surface area contributed by atoms with Gasteiger partial charge in [0, 0.05) is 21.8 Å². The molecule has 1 aromatic carbocycles. The van der Waals surface area contributed by atoms with Gasteiger partial charge >= 0.3 is 0 Å². The van der Waals surface area contributed by atoms with E-state index in [2.05, 4.69) is 20.9 Å². The van der Waals surface area contributed by atoms with Crippen LogP contribution in [0.1, 0.15) is 16.8 Å². The molecule has 0 saturated carbocycles. The fraction of sp³-hybridized carbons (Fsp3) is 0.143. The van der Waals surface area contributed by atoms with E-state index in [0.717, 1.165) is 15.7 Å². The zero-order valence-corrected chi connectivity index (χ0v) is 12.1. The molecule has 5 heteroatoms. The first kappa shape index (κ1) is 13.5. The van der Waals surface area contributed by atoms with Gasteiger partial charge in [0.05, 0.1) is 0 Å². The Kier molecular flexibility index (Phi) is 4.16. The maximum absolute atomic E-state index is 7.44. The van der Waals surface area contributed by atoms with Gasteiger partial charge in [-0.25, -0.2) is 4.98 Å². The minimum atomic E-state index is 0.0130. The molecule has 0 bridgehead atoms. The molecule has 0 aliphatic carbocycles. The summed E-state index contributed by atoms with van der Waals surface area (Å²) < 4.78 is 6.66. The molecular weight excluding hydrogens is 306 g/mol. The van der Waals surface area contributed by atoms with Crippen molar-refractivity contribution in [1.29, 1.82) is 5.41 Å². The van der Waals surface area contributed by atoms with E-state index >= 15 is 0 Å². The molecule has 1 heterocycles. The second-order valence-corrected chi connectivity index (χ2v) is 5.08. The molecule has 2 aromatic rings. The number of rotatable bonds is 4. The van der Waals surface area contributed by atoms with E-state index in [9.17, 15) is 0 Å². The van der Waals surface area contributed by atoms with Crippen molar-refractivity contribution >= 4 is 21.8 Å². The molecule has 0 aliphatic heterocycles. The maximum atomic E-state index is 7.44. The van der Waals surface area contributed by atoms with Gasteiger partial charge in [-0.3, -0.25) is 5.41 Å². The number of aryl methyl sites for hydroxylation is 1. The monoisotopic (exact) mass is 319 g/mol. The summed E-state index contributed by atoms with van der Waals surface area (Å²) in [5.41, 5.74) is 7.92. The minimum absolute atomic E-state index is 0.0130. The highest BCUT2D eigenvalue weighted by atomic mass is 79.9. The van der Waals surface area contributed by atoms with Gasteiger partial charge in [0.2, 0.25) is 5.88 Å². The summed E-state index contributed by atoms with van der Waals surface area (Å²) >= 11 is 3.39. The number of nitrogens with zero attached hydrogens (tertiary/aromatic N) is 1. The van der Waals surface area contributed by atoms with Crippen molar-refractivity contribution in [2.75, 3.05) is 0 Å². The highest BCUT2D eigenvalue weighted by Gasteiger charge is 2.04. The van der Waals surface area contributed by atoms with Gasteiger partial charge in [-0.1, -0.05) is 28.1 Å². The minimum Gasteiger partial charge on any atom is -0.473 e. The SMILES string of the molecule is Cc1cc(C(=N)N)cc(OCc2ccc(Br)cc2)n1. The average molecular weight is 320 g/mol. The third-order valence-corrected chi connectivity index (χ3v) is 3.07. The summed E-state index contributed by atoms with van der Waals surface area (Å²) in [5.74, 6) is 0.493. The molecule has 0 aliphatic rings. The molecule has 19 heavy (non-hydrogen) atoms. The molecule has 0 amide bonds. The number of nitrogens with two attached hydrogens (primary N) is 1. The van der Waals surface area contributed by atoms with E-state index in [-0.39, 0.29) is 5.84 Å². The van der Waals surface area contributed by atoms with Gasteiger partial charge in [0.15, 0.2) is 0 Å². The summed E-state index contributed by atoms with van der Waals surface area (Å²) in [4.78, 5) is 4.27. The molecule has 0 atom stereocenters. The fourth-order valence-corrected chi connectivity index (χ4v) is 1.87. The number of hydrogen-bond donors (Lipinski definition) is 2. The highest BCUT2D eigenvalue weighted by Crippen LogP contribution is 2.15. The molecule has 0 saturated heterocycles. The molecule has 2 rings (SSSR count). The maximum Gasteiger partial charge on any atom is 0.214 e. The van der Waals surface area contributed by atoms with E-state index < -0.39 is 0 Å². The summed E-state index contributed by atoms with van der Waals surface area (Å²) in [7, 11) is 0. The molecule has 0 radical (unpaired) electrons. The van der Waals surface area contributed by atoms with E-state index in [1.165, 1.54) is 0 Å². The number of benzene rings is 1. The van der Waals surface area contributed by atoms with Crippen molar-refractivity contribution in [2.24, 2.45) is 5.73 Å². The Labute approximate surface area is 120 Å². The number of ether oxygens (including phenoxy) is 1. The van der Waals surface area contributed by atoms with Gasteiger partial charge in [-0.2, -0.15) is 0 Å². The number of nitrogens with one attached hydrogen (secondary N) is 1. The van der Waals surface area contributed by atoms with Crippen LogP contribution in [0.3, 0.4) is 0 Å². The van der Waals surface area contributed by atoms with E-state index in [4.69, 9.17) is 15.9 Å². The highest BCUT2D eigenvalue weighted by molar-refractivity contribution is 9.10. The molecular formula is C14H14BrN3O. The normalized spacial score (nSPS) is 10.2. The zero-order chi connectivity index (χ0) is 13.8. The summed E-state index contributed by atoms with van der Waals surface area (Å²) in [6.45, 7) is 2.28. The lowest BCUT2D eigenvalue weighted by atomic mass is 10.2. The van der Waals surface area contributed by atoms with Crippen molar-refractivity contribution in [2.45, 2.75) is 13.5 Å². The van der Waals surface area contributed by atoms with Gasteiger partial charge in [-0.15, -0.1) is 0 Å². The van der Waals surface area contributed by atoms with Gasteiger partial charge in [0.25, 0.3) is 0 Å². The lowest BCUT2D eigenvalue weighted by Gasteiger charge is -2.08. The van der Waals surface area contributed by atoms with Crippen LogP contribution in [0.2, 0.25) is 0 Å². The third kappa shape index (κ3) is 3.79. The summed E-state index contributed by atoms with van der Waals surface area (Å²) in [6, 6.07) is 11.3. The smallest absolute Gasteiger partial charge is 0.214 e. The summed E-state index contributed by atoms with van der Waals surface area (Å²) in [6.07, 6.45) is 0. The molecule has 1 aromatic heterocycles.